The Bertz CT molecular complexity index is 2080. The molecule has 392 valence electrons. The summed E-state index contributed by atoms with van der Waals surface area (Å²) in [7, 11) is 54.3. The summed E-state index contributed by atoms with van der Waals surface area (Å²) in [6, 6.07) is 11.7. The van der Waals surface area contributed by atoms with Crippen LogP contribution in [0.25, 0.3) is 0 Å². The Balaban J connectivity index is 0.000000333. The van der Waals surface area contributed by atoms with E-state index in [1.54, 1.807) is 12.1 Å². The van der Waals surface area contributed by atoms with Gasteiger partial charge in [-0.3, -0.25) is 0 Å². The van der Waals surface area contributed by atoms with E-state index in [-0.39, 0.29) is 34.8 Å². The van der Waals surface area contributed by atoms with Gasteiger partial charge in [0, 0.05) is 187 Å². The molecule has 1 aliphatic carbocycles. The van der Waals surface area contributed by atoms with E-state index in [9.17, 15) is 4.39 Å². The molecule has 2 N–H and O–H groups in total. The van der Waals surface area contributed by atoms with Crippen molar-refractivity contribution in [3.05, 3.63) is 69.9 Å². The fourth-order valence-electron chi connectivity index (χ4n) is 9.60. The van der Waals surface area contributed by atoms with Gasteiger partial charge in [-0.1, -0.05) is 38.7 Å². The zero-order chi connectivity index (χ0) is 59.1. The molecule has 0 aromatic carbocycles. The maximum atomic E-state index is 12.0. The van der Waals surface area contributed by atoms with Gasteiger partial charge in [-0.05, 0) is 163 Å². The molecule has 2 unspecified atom stereocenters. The van der Waals surface area contributed by atoms with Crippen molar-refractivity contribution < 1.29 is 33.1 Å². The Morgan fingerprint density at radius 2 is 0.861 bits per heavy atom. The first kappa shape index (κ1) is 74.5. The molecule has 11 nitrogen and oxygen atoms in total. The second-order valence-corrected chi connectivity index (χ2v) is 24.9. The summed E-state index contributed by atoms with van der Waals surface area (Å²) < 4.78 is 37.6. The smallest absolute Gasteiger partial charge is 0.423 e. The maximum absolute atomic E-state index is 12.0. The van der Waals surface area contributed by atoms with Crippen LogP contribution in [-0.2, 0) is 18.6 Å². The molecule has 3 aromatic rings. The van der Waals surface area contributed by atoms with Crippen molar-refractivity contribution in [3.63, 3.8) is 0 Å². The Morgan fingerprint density at radius 1 is 0.519 bits per heavy atom. The number of pyridine rings is 3. The van der Waals surface area contributed by atoms with Crippen LogP contribution < -0.4 is 15.3 Å². The fraction of sp³-hybridized carbons (Fsp3) is 0.651. The third-order valence-corrected chi connectivity index (χ3v) is 16.6. The monoisotopic (exact) mass is 1190 g/mol. The average molecular weight is 1190 g/mol. The number of hydrogen-bond donors (Lipinski definition) is 2. The second kappa shape index (κ2) is 33.9. The summed E-state index contributed by atoms with van der Waals surface area (Å²) in [5, 5.41) is 17.9. The van der Waals surface area contributed by atoms with Gasteiger partial charge in [0.15, 0.2) is 0 Å². The van der Waals surface area contributed by atoms with Crippen LogP contribution >= 0.6 is 44.3 Å². The predicted octanol–water partition coefficient (Wildman–Crippen LogP) is 2.58. The van der Waals surface area contributed by atoms with Gasteiger partial charge in [-0.15, -0.1) is 12.4 Å². The standard InChI is InChI=1S/C12H24B2O4.C10H15BN2O2.C10H13BrN2.C6H12.C5H3BrFN.B18.ClH/c1-9(2)10(3,4)16-13(15-9)14-17-11(5,6)12(7,8)18-14;1-8-3-2-6-13(8)10-5-4-9(7-12-10)11(14)15;1-8-3-2-6-13(8)10-5-4-9(11)7-12-10;1-6-4-2-3-5-6;6-4-1-2-5(7)8-3-4;1-11(2)16(12(3)4)18(15(9)10)17(13(5)6)14(7)8;/h1-8H3;4-5,7-8,14-15H,2-3,6H2,1H3;4-5,7-8H,2-3,6H2,1H3;6H,2-5H2,1H3;1-3H;;1H. The van der Waals surface area contributed by atoms with E-state index in [0.717, 1.165) is 39.6 Å². The third-order valence-electron chi connectivity index (χ3n) is 15.7. The molecule has 4 saturated heterocycles. The molecule has 0 spiro atoms. The fourth-order valence-corrected chi connectivity index (χ4v) is 10.1. The zero-order valence-electron chi connectivity index (χ0n) is 48.4. The predicted molar refractivity (Wildman–Crippen MR) is 361 cm³/mol. The van der Waals surface area contributed by atoms with Crippen LogP contribution in [0.2, 0.25) is 0 Å². The molecule has 4 aliphatic heterocycles. The molecule has 79 heavy (non-hydrogen) atoms. The number of halogens is 4. The van der Waals surface area contributed by atoms with E-state index in [4.69, 9.17) is 106 Å². The van der Waals surface area contributed by atoms with Crippen LogP contribution in [0.1, 0.15) is 128 Å². The number of rotatable bonds is 11. The molecule has 5 aliphatic rings. The number of nitrogens with zero attached hydrogens (tertiary/aromatic N) is 5. The first-order chi connectivity index (χ1) is 36.1. The van der Waals surface area contributed by atoms with Crippen LogP contribution in [0.5, 0.6) is 0 Å². The Morgan fingerprint density at radius 3 is 1.09 bits per heavy atom. The molecule has 20 radical (unpaired) electrons. The molecule has 0 bridgehead atoms. The number of anilines is 2. The molecule has 8 rings (SSSR count). The Labute approximate surface area is 516 Å². The normalized spacial score (nSPS) is 19.8. The van der Waals surface area contributed by atoms with Crippen molar-refractivity contribution in [2.75, 3.05) is 22.9 Å². The van der Waals surface area contributed by atoms with Crippen molar-refractivity contribution in [1.82, 2.24) is 15.0 Å². The van der Waals surface area contributed by atoms with Crippen molar-refractivity contribution in [1.29, 1.82) is 0 Å². The van der Waals surface area contributed by atoms with Crippen molar-refractivity contribution >= 4 is 211 Å². The SMILES string of the molecule is CC1(C)OB(B2OC(C)(C)C(C)(C)O2)OC1(C)C.CC1CCCC1.CC1CCCN1c1ccc(B(O)O)cn1.CC1CCCN1c1ccc(Br)cn1.Cl.Fc1ccc(Br)cn1.[B]B([B])B(B([B])[B])B(B([B])[B])B(B([B])[B])B([B])[B]. The molecule has 7 heterocycles. The van der Waals surface area contributed by atoms with Gasteiger partial charge >= 0.3 is 21.1 Å². The van der Waals surface area contributed by atoms with Crippen LogP contribution in [0.4, 0.5) is 16.0 Å². The van der Waals surface area contributed by atoms with E-state index in [1.165, 1.54) is 69.8 Å². The van der Waals surface area contributed by atoms with Crippen LogP contribution in [-0.4, -0.2) is 222 Å². The largest absolute Gasteiger partial charge is 0.490 e. The molecule has 5 fully saturated rings. The summed E-state index contributed by atoms with van der Waals surface area (Å²) >= 11 is 6.50. The lowest BCUT2D eigenvalue weighted by molar-refractivity contribution is 0.00578. The quantitative estimate of drug-likeness (QED) is 0.218. The van der Waals surface area contributed by atoms with E-state index >= 15 is 0 Å². The highest BCUT2D eigenvalue weighted by Gasteiger charge is 2.63. The summed E-state index contributed by atoms with van der Waals surface area (Å²) in [6.07, 6.45) is 9.68. The van der Waals surface area contributed by atoms with Gasteiger partial charge < -0.3 is 38.5 Å². The van der Waals surface area contributed by atoms with Gasteiger partial charge in [-0.2, -0.15) is 4.39 Å². The molecule has 0 amide bonds. The minimum atomic E-state index is -1.43. The van der Waals surface area contributed by atoms with Gasteiger partial charge in [-0.25, -0.2) is 15.0 Å². The average Bonchev–Trinajstić information content (AvgIpc) is 4.20. The van der Waals surface area contributed by atoms with Crippen LogP contribution in [0.15, 0.2) is 63.9 Å². The molecule has 2 atom stereocenters. The van der Waals surface area contributed by atoms with Crippen molar-refractivity contribution in [2.45, 2.75) is 162 Å². The highest BCUT2D eigenvalue weighted by molar-refractivity contribution is 9.10. The van der Waals surface area contributed by atoms with Crippen LogP contribution in [0.3, 0.4) is 0 Å². The summed E-state index contributed by atoms with van der Waals surface area (Å²) in [6.45, 7) is 25.2. The minimum Gasteiger partial charge on any atom is -0.423 e. The summed E-state index contributed by atoms with van der Waals surface area (Å²) in [5.41, 5.74) is -1.00. The van der Waals surface area contributed by atoms with Crippen LogP contribution in [0, 0.1) is 11.9 Å². The summed E-state index contributed by atoms with van der Waals surface area (Å²) in [5.74, 6) is 2.62. The van der Waals surface area contributed by atoms with Gasteiger partial charge in [0.2, 0.25) is 5.95 Å². The van der Waals surface area contributed by atoms with E-state index in [2.05, 4.69) is 83.4 Å². The van der Waals surface area contributed by atoms with E-state index in [1.807, 2.05) is 73.7 Å². The van der Waals surface area contributed by atoms with Crippen molar-refractivity contribution in [2.24, 2.45) is 5.92 Å². The lowest BCUT2D eigenvalue weighted by atomic mass is 8.41. The molecular weight excluding hydrogens is 1120 g/mol. The number of hydrogen-bond acceptors (Lipinski definition) is 11. The lowest BCUT2D eigenvalue weighted by Crippen LogP contribution is -2.78. The molecular formula is C43H68B21Br2ClFN5O6. The zero-order valence-corrected chi connectivity index (χ0v) is 52.4. The van der Waals surface area contributed by atoms with Gasteiger partial charge in [0.05, 0.1) is 22.4 Å². The molecule has 1 saturated carbocycles. The summed E-state index contributed by atoms with van der Waals surface area (Å²) in [4.78, 5) is 16.6. The minimum absolute atomic E-state index is 0. The first-order valence-electron chi connectivity index (χ1n) is 27.1. The lowest BCUT2D eigenvalue weighted by Gasteiger charge is -2.40. The van der Waals surface area contributed by atoms with Gasteiger partial charge in [0.25, 0.3) is 0 Å². The second-order valence-electron chi connectivity index (χ2n) is 23.1. The topological polar surface area (TPSA) is 123 Å². The first-order valence-corrected chi connectivity index (χ1v) is 28.7. The van der Waals surface area contributed by atoms with Gasteiger partial charge in [0.1, 0.15) is 11.6 Å². The van der Waals surface area contributed by atoms with Crippen molar-refractivity contribution in [3.8, 4) is 0 Å². The molecule has 3 aromatic heterocycles. The third kappa shape index (κ3) is 22.9. The Hall–Kier alpha value is -0.646. The van der Waals surface area contributed by atoms with E-state index < -0.39 is 78.2 Å². The molecule has 36 heteroatoms. The highest BCUT2D eigenvalue weighted by Crippen LogP contribution is 2.43. The number of aromatic nitrogens is 3. The maximum Gasteiger partial charge on any atom is 0.490 e. The Kier molecular flexibility index (Phi) is 31.9. The van der Waals surface area contributed by atoms with E-state index in [0.29, 0.717) is 17.5 Å². The highest BCUT2D eigenvalue weighted by atomic mass is 79.9.